The van der Waals surface area contributed by atoms with E-state index in [0.717, 1.165) is 57.6 Å². The van der Waals surface area contributed by atoms with Crippen molar-refractivity contribution in [1.82, 2.24) is 10.2 Å². The van der Waals surface area contributed by atoms with E-state index in [9.17, 15) is 13.2 Å². The van der Waals surface area contributed by atoms with Crippen LogP contribution >= 0.6 is 24.0 Å². The Bertz CT molecular complexity index is 675. The Labute approximate surface area is 181 Å². The molecule has 8 heteroatoms. The van der Waals surface area contributed by atoms with Crippen LogP contribution in [0.4, 0.5) is 13.2 Å². The van der Waals surface area contributed by atoms with Gasteiger partial charge in [0.1, 0.15) is 0 Å². The van der Waals surface area contributed by atoms with E-state index in [-0.39, 0.29) is 35.3 Å². The van der Waals surface area contributed by atoms with Crippen molar-refractivity contribution in [3.05, 3.63) is 35.4 Å². The first kappa shape index (κ1) is 23.3. The Kier molecular flexibility index (Phi) is 8.01. The number of rotatable bonds is 4. The molecule has 3 rings (SSSR count). The number of halogens is 4. The van der Waals surface area contributed by atoms with E-state index < -0.39 is 11.7 Å². The van der Waals surface area contributed by atoms with E-state index in [2.05, 4.69) is 15.2 Å². The number of aliphatic imine (C=N–C) groups is 1. The number of hydrogen-bond donors (Lipinski definition) is 1. The van der Waals surface area contributed by atoms with Gasteiger partial charge in [-0.05, 0) is 36.8 Å². The maximum Gasteiger partial charge on any atom is 0.416 e. The smallest absolute Gasteiger partial charge is 0.381 e. The van der Waals surface area contributed by atoms with E-state index >= 15 is 0 Å². The van der Waals surface area contributed by atoms with Gasteiger partial charge in [0.05, 0.1) is 12.2 Å². The number of benzene rings is 1. The molecule has 1 aromatic carbocycles. The van der Waals surface area contributed by atoms with Crippen LogP contribution in [0.3, 0.4) is 0 Å². The van der Waals surface area contributed by atoms with Crippen molar-refractivity contribution in [2.45, 2.75) is 38.3 Å². The molecule has 0 aliphatic carbocycles. The van der Waals surface area contributed by atoms with Crippen LogP contribution in [0.2, 0.25) is 0 Å². The van der Waals surface area contributed by atoms with Crippen molar-refractivity contribution in [1.29, 1.82) is 0 Å². The lowest BCUT2D eigenvalue weighted by Gasteiger charge is -2.25. The topological polar surface area (TPSA) is 36.9 Å². The van der Waals surface area contributed by atoms with Gasteiger partial charge < -0.3 is 15.0 Å². The fourth-order valence-electron chi connectivity index (χ4n) is 4.01. The maximum atomic E-state index is 12.9. The van der Waals surface area contributed by atoms with Crippen molar-refractivity contribution in [2.24, 2.45) is 10.4 Å². The molecule has 2 atom stereocenters. The molecule has 158 valence electrons. The molecule has 2 aliphatic heterocycles. The number of hydrogen-bond acceptors (Lipinski definition) is 2. The van der Waals surface area contributed by atoms with E-state index in [1.807, 2.05) is 6.92 Å². The number of nitrogens with zero attached hydrogens (tertiary/aromatic N) is 2. The van der Waals surface area contributed by atoms with Gasteiger partial charge in [-0.1, -0.05) is 25.1 Å². The van der Waals surface area contributed by atoms with Crippen molar-refractivity contribution >= 4 is 29.9 Å². The third-order valence-corrected chi connectivity index (χ3v) is 5.78. The van der Waals surface area contributed by atoms with Crippen molar-refractivity contribution in [3.8, 4) is 0 Å². The van der Waals surface area contributed by atoms with Crippen LogP contribution < -0.4 is 5.32 Å². The van der Waals surface area contributed by atoms with Crippen LogP contribution in [0.15, 0.2) is 29.3 Å². The van der Waals surface area contributed by atoms with Gasteiger partial charge in [0, 0.05) is 38.7 Å². The van der Waals surface area contributed by atoms with Crippen LogP contribution in [0.25, 0.3) is 0 Å². The second-order valence-electron chi connectivity index (χ2n) is 7.76. The molecule has 0 amide bonds. The fourth-order valence-corrected chi connectivity index (χ4v) is 4.01. The Hall–Kier alpha value is -1.03. The van der Waals surface area contributed by atoms with Gasteiger partial charge in [-0.2, -0.15) is 13.2 Å². The Morgan fingerprint density at radius 2 is 2.14 bits per heavy atom. The number of guanidine groups is 1. The summed E-state index contributed by atoms with van der Waals surface area (Å²) in [5.74, 6) is 0.904. The summed E-state index contributed by atoms with van der Waals surface area (Å²) in [4.78, 5) is 6.65. The van der Waals surface area contributed by atoms with Gasteiger partial charge >= 0.3 is 6.18 Å². The average Bonchev–Trinajstić information content (AvgIpc) is 3.28. The maximum absolute atomic E-state index is 12.9. The third-order valence-electron chi connectivity index (χ3n) is 5.78. The summed E-state index contributed by atoms with van der Waals surface area (Å²) >= 11 is 0. The van der Waals surface area contributed by atoms with E-state index in [0.29, 0.717) is 12.1 Å². The van der Waals surface area contributed by atoms with Gasteiger partial charge in [0.25, 0.3) is 0 Å². The van der Waals surface area contributed by atoms with E-state index in [1.165, 1.54) is 12.1 Å². The molecule has 0 aromatic heterocycles. The molecule has 4 nitrogen and oxygen atoms in total. The normalized spacial score (nSPS) is 23.8. The zero-order chi connectivity index (χ0) is 19.5. The lowest BCUT2D eigenvalue weighted by atomic mass is 9.87. The minimum atomic E-state index is -4.30. The zero-order valence-electron chi connectivity index (χ0n) is 16.4. The molecule has 1 N–H and O–H groups in total. The molecule has 0 bridgehead atoms. The third kappa shape index (κ3) is 5.52. The fraction of sp³-hybridized carbons (Fsp3) is 0.650. The Balaban J connectivity index is 0.00000280. The molecule has 0 saturated carbocycles. The van der Waals surface area contributed by atoms with Crippen LogP contribution in [0, 0.1) is 5.41 Å². The minimum absolute atomic E-state index is 0. The second kappa shape index (κ2) is 9.65. The molecule has 2 aliphatic rings. The molecule has 2 fully saturated rings. The number of likely N-dealkylation sites (tertiary alicyclic amines) is 1. The number of ether oxygens (including phenoxy) is 1. The van der Waals surface area contributed by atoms with Crippen molar-refractivity contribution < 1.29 is 17.9 Å². The number of alkyl halides is 3. The van der Waals surface area contributed by atoms with Crippen LogP contribution in [0.1, 0.15) is 43.2 Å². The van der Waals surface area contributed by atoms with Crippen LogP contribution in [-0.2, 0) is 10.9 Å². The first-order valence-electron chi connectivity index (χ1n) is 9.53. The summed E-state index contributed by atoms with van der Waals surface area (Å²) in [6.07, 6.45) is -1.34. The van der Waals surface area contributed by atoms with Gasteiger partial charge in [0.15, 0.2) is 5.96 Å². The van der Waals surface area contributed by atoms with Gasteiger partial charge in [-0.3, -0.25) is 4.99 Å². The monoisotopic (exact) mass is 511 g/mol. The minimum Gasteiger partial charge on any atom is -0.381 e. The molecule has 28 heavy (non-hydrogen) atoms. The standard InChI is InChI=1S/C20H28F3N3O.HI/c1-15(16-4-3-5-17(12-16)20(21,22)23)6-9-25-18(24-2)26-10-7-19(13-26)8-11-27-14-19;/h3-5,12,15H,6-11,13-14H2,1-2H3,(H,24,25);1H. The lowest BCUT2D eigenvalue weighted by Crippen LogP contribution is -2.42. The summed E-state index contributed by atoms with van der Waals surface area (Å²) in [7, 11) is 1.77. The predicted molar refractivity (Wildman–Crippen MR) is 115 cm³/mol. The molecule has 1 aromatic rings. The number of nitrogens with one attached hydrogen (secondary N) is 1. The summed E-state index contributed by atoms with van der Waals surface area (Å²) in [5.41, 5.74) is 0.393. The van der Waals surface area contributed by atoms with E-state index in [1.54, 1.807) is 13.1 Å². The predicted octanol–water partition coefficient (Wildman–Crippen LogP) is 4.50. The molecule has 2 saturated heterocycles. The first-order valence-corrected chi connectivity index (χ1v) is 9.53. The SMILES string of the molecule is CN=C(NCCC(C)c1cccc(C(F)(F)F)c1)N1CCC2(CCOC2)C1.I. The molecule has 2 unspecified atom stereocenters. The summed E-state index contributed by atoms with van der Waals surface area (Å²) < 4.78 is 44.2. The summed E-state index contributed by atoms with van der Waals surface area (Å²) in [6.45, 7) is 6.22. The highest BCUT2D eigenvalue weighted by molar-refractivity contribution is 14.0. The lowest BCUT2D eigenvalue weighted by molar-refractivity contribution is -0.137. The molecule has 2 heterocycles. The quantitative estimate of drug-likeness (QED) is 0.368. The molecular formula is C20H29F3IN3O. The second-order valence-corrected chi connectivity index (χ2v) is 7.76. The van der Waals surface area contributed by atoms with Gasteiger partial charge in [0.2, 0.25) is 0 Å². The Morgan fingerprint density at radius 3 is 2.79 bits per heavy atom. The van der Waals surface area contributed by atoms with Crippen molar-refractivity contribution in [2.75, 3.05) is 39.9 Å². The first-order chi connectivity index (χ1) is 12.8. The molecular weight excluding hydrogens is 482 g/mol. The average molecular weight is 511 g/mol. The molecule has 1 spiro atoms. The largest absolute Gasteiger partial charge is 0.416 e. The highest BCUT2D eigenvalue weighted by Crippen LogP contribution is 2.38. The van der Waals surface area contributed by atoms with E-state index in [4.69, 9.17) is 4.74 Å². The highest BCUT2D eigenvalue weighted by atomic mass is 127. The van der Waals surface area contributed by atoms with Crippen LogP contribution in [-0.4, -0.2) is 50.8 Å². The van der Waals surface area contributed by atoms with Crippen molar-refractivity contribution in [3.63, 3.8) is 0 Å². The highest BCUT2D eigenvalue weighted by Gasteiger charge is 2.42. The summed E-state index contributed by atoms with van der Waals surface area (Å²) in [6, 6.07) is 5.61. The van der Waals surface area contributed by atoms with Gasteiger partial charge in [-0.15, -0.1) is 24.0 Å². The summed E-state index contributed by atoms with van der Waals surface area (Å²) in [5, 5.41) is 3.38. The zero-order valence-corrected chi connectivity index (χ0v) is 18.7. The van der Waals surface area contributed by atoms with Gasteiger partial charge in [-0.25, -0.2) is 0 Å². The van der Waals surface area contributed by atoms with Crippen LogP contribution in [0.5, 0.6) is 0 Å². The Morgan fingerprint density at radius 1 is 1.36 bits per heavy atom. The molecule has 0 radical (unpaired) electrons.